The second-order valence-corrected chi connectivity index (χ2v) is 5.63. The molecule has 0 aliphatic heterocycles. The molecular formula is C18H15BN2O4. The summed E-state index contributed by atoms with van der Waals surface area (Å²) >= 11 is 0. The van der Waals surface area contributed by atoms with Gasteiger partial charge in [-0.05, 0) is 13.0 Å². The number of aryl methyl sites for hydroxylation is 2. The number of hydrogen-bond donors (Lipinski definition) is 0. The third-order valence-corrected chi connectivity index (χ3v) is 3.94. The van der Waals surface area contributed by atoms with Crippen LogP contribution in [-0.2, 0) is 11.8 Å². The maximum atomic E-state index is 13.0. The van der Waals surface area contributed by atoms with Crippen LogP contribution in [0.5, 0.6) is 0 Å². The van der Waals surface area contributed by atoms with Gasteiger partial charge in [0.25, 0.3) is 0 Å². The van der Waals surface area contributed by atoms with Crippen LogP contribution in [0.1, 0.15) is 32.2 Å². The van der Waals surface area contributed by atoms with Crippen molar-refractivity contribution in [1.82, 2.24) is 9.72 Å². The molecule has 0 fully saturated rings. The molecule has 2 aromatic heterocycles. The maximum Gasteiger partial charge on any atom is 0.354 e. The number of rotatable bonds is 4. The summed E-state index contributed by atoms with van der Waals surface area (Å²) in [5.41, 5.74) is 2.76. The highest BCUT2D eigenvalue weighted by Gasteiger charge is 2.25. The molecule has 3 rings (SSSR count). The van der Waals surface area contributed by atoms with Crippen molar-refractivity contribution in [2.75, 3.05) is 7.11 Å². The van der Waals surface area contributed by atoms with Gasteiger partial charge in [-0.1, -0.05) is 34.9 Å². The number of carbonyl (C=O) groups is 2. The van der Waals surface area contributed by atoms with Crippen molar-refractivity contribution in [2.24, 2.45) is 7.05 Å². The molecule has 0 saturated heterocycles. The highest BCUT2D eigenvalue weighted by atomic mass is 16.5. The van der Waals surface area contributed by atoms with Crippen LogP contribution in [0.4, 0.5) is 0 Å². The molecule has 124 valence electrons. The van der Waals surface area contributed by atoms with Gasteiger partial charge in [0.05, 0.1) is 12.7 Å². The molecule has 1 aromatic carbocycles. The molecule has 2 heterocycles. The Balaban J connectivity index is 2.05. The number of esters is 1. The summed E-state index contributed by atoms with van der Waals surface area (Å²) in [5.74, 6) is -0.390. The number of ketones is 1. The fourth-order valence-corrected chi connectivity index (χ4v) is 2.62. The minimum atomic E-state index is -0.512. The predicted octanol–water partition coefficient (Wildman–Crippen LogP) is 1.80. The topological polar surface area (TPSA) is 74.3 Å². The predicted molar refractivity (Wildman–Crippen MR) is 92.2 cm³/mol. The number of ether oxygens (including phenoxy) is 1. The van der Waals surface area contributed by atoms with Crippen LogP contribution >= 0.6 is 0 Å². The van der Waals surface area contributed by atoms with E-state index in [1.54, 1.807) is 49.0 Å². The molecule has 25 heavy (non-hydrogen) atoms. The van der Waals surface area contributed by atoms with Gasteiger partial charge in [-0.3, -0.25) is 4.79 Å². The SMILES string of the molecule is [B]c1ccc(-c2noc(C)c2C(=O)c2cc(C(=O)OC)n(C)c2)cc1. The van der Waals surface area contributed by atoms with Crippen LogP contribution in [0, 0.1) is 6.92 Å². The fraction of sp³-hybridized carbons (Fsp3) is 0.167. The minimum absolute atomic E-state index is 0.281. The van der Waals surface area contributed by atoms with Gasteiger partial charge in [0.2, 0.25) is 0 Å². The first-order valence-electron chi connectivity index (χ1n) is 7.54. The van der Waals surface area contributed by atoms with Crippen molar-refractivity contribution in [1.29, 1.82) is 0 Å². The molecule has 0 aliphatic rings. The smallest absolute Gasteiger partial charge is 0.354 e. The van der Waals surface area contributed by atoms with Crippen LogP contribution in [0.25, 0.3) is 11.3 Å². The zero-order chi connectivity index (χ0) is 18.1. The molecule has 0 unspecified atom stereocenters. The van der Waals surface area contributed by atoms with Crippen LogP contribution in [0.15, 0.2) is 41.1 Å². The molecule has 7 heteroatoms. The van der Waals surface area contributed by atoms with Crippen molar-refractivity contribution in [3.63, 3.8) is 0 Å². The molecule has 0 aliphatic carbocycles. The Bertz CT molecular complexity index is 954. The normalized spacial score (nSPS) is 10.7. The van der Waals surface area contributed by atoms with E-state index in [1.165, 1.54) is 13.2 Å². The number of nitrogens with zero attached hydrogens (tertiary/aromatic N) is 2. The first kappa shape index (κ1) is 16.8. The molecule has 0 bridgehead atoms. The Hall–Kier alpha value is -3.09. The van der Waals surface area contributed by atoms with Gasteiger partial charge in [-0.2, -0.15) is 0 Å². The maximum absolute atomic E-state index is 13.0. The zero-order valence-corrected chi connectivity index (χ0v) is 14.1. The monoisotopic (exact) mass is 334 g/mol. The van der Waals surface area contributed by atoms with Gasteiger partial charge in [0.15, 0.2) is 5.78 Å². The van der Waals surface area contributed by atoms with Crippen molar-refractivity contribution in [3.05, 3.63) is 59.1 Å². The van der Waals surface area contributed by atoms with Gasteiger partial charge < -0.3 is 13.8 Å². The summed E-state index contributed by atoms with van der Waals surface area (Å²) in [6, 6.07) is 8.49. The Kier molecular flexibility index (Phi) is 4.31. The molecule has 6 nitrogen and oxygen atoms in total. The van der Waals surface area contributed by atoms with E-state index in [0.29, 0.717) is 28.0 Å². The van der Waals surface area contributed by atoms with E-state index in [1.807, 2.05) is 0 Å². The molecule has 0 spiro atoms. The Labute approximate surface area is 145 Å². The number of carbonyl (C=O) groups excluding carboxylic acids is 2. The summed E-state index contributed by atoms with van der Waals surface area (Å²) < 4.78 is 11.5. The second-order valence-electron chi connectivity index (χ2n) is 5.63. The largest absolute Gasteiger partial charge is 0.464 e. The van der Waals surface area contributed by atoms with Crippen LogP contribution in [0.2, 0.25) is 0 Å². The van der Waals surface area contributed by atoms with E-state index >= 15 is 0 Å². The number of aromatic nitrogens is 2. The van der Waals surface area contributed by atoms with E-state index in [9.17, 15) is 9.59 Å². The summed E-state index contributed by atoms with van der Waals surface area (Å²) in [6.45, 7) is 1.67. The lowest BCUT2D eigenvalue weighted by molar-refractivity contribution is 0.0590. The Morgan fingerprint density at radius 1 is 1.24 bits per heavy atom. The lowest BCUT2D eigenvalue weighted by Crippen LogP contribution is -2.06. The van der Waals surface area contributed by atoms with E-state index in [0.717, 1.165) is 5.56 Å². The molecule has 0 N–H and O–H groups in total. The number of methoxy groups -OCH3 is 1. The molecule has 3 aromatic rings. The molecule has 0 atom stereocenters. The first-order chi connectivity index (χ1) is 11.9. The van der Waals surface area contributed by atoms with E-state index in [2.05, 4.69) is 5.16 Å². The third-order valence-electron chi connectivity index (χ3n) is 3.94. The Morgan fingerprint density at radius 2 is 1.92 bits per heavy atom. The van der Waals surface area contributed by atoms with E-state index in [-0.39, 0.29) is 11.5 Å². The summed E-state index contributed by atoms with van der Waals surface area (Å²) in [5, 5.41) is 4.01. The van der Waals surface area contributed by atoms with Crippen molar-refractivity contribution >= 4 is 25.1 Å². The van der Waals surface area contributed by atoms with Crippen LogP contribution in [-0.4, -0.2) is 36.4 Å². The lowest BCUT2D eigenvalue weighted by atomic mass is 9.93. The summed E-state index contributed by atoms with van der Waals surface area (Å²) in [6.07, 6.45) is 1.58. The van der Waals surface area contributed by atoms with Gasteiger partial charge in [-0.25, -0.2) is 4.79 Å². The lowest BCUT2D eigenvalue weighted by Gasteiger charge is -2.02. The average Bonchev–Trinajstić information content (AvgIpc) is 3.17. The van der Waals surface area contributed by atoms with Gasteiger partial charge in [0, 0.05) is 24.4 Å². The molecular weight excluding hydrogens is 319 g/mol. The number of benzene rings is 1. The highest BCUT2D eigenvalue weighted by molar-refractivity contribution is 6.32. The summed E-state index contributed by atoms with van der Waals surface area (Å²) in [7, 11) is 8.67. The van der Waals surface area contributed by atoms with Crippen molar-refractivity contribution in [3.8, 4) is 11.3 Å². The molecule has 0 amide bonds. The Morgan fingerprint density at radius 3 is 2.56 bits per heavy atom. The molecule has 2 radical (unpaired) electrons. The highest BCUT2D eigenvalue weighted by Crippen LogP contribution is 2.27. The standard InChI is InChI=1S/C18H15BN2O4/c1-10-15(16(20-25-10)11-4-6-13(19)7-5-11)17(22)12-8-14(18(23)24-3)21(2)9-12/h4-9H,1-3H3. The molecule has 0 saturated carbocycles. The third kappa shape index (κ3) is 3.00. The average molecular weight is 334 g/mol. The van der Waals surface area contributed by atoms with E-state index < -0.39 is 5.97 Å². The van der Waals surface area contributed by atoms with Crippen molar-refractivity contribution < 1.29 is 18.8 Å². The van der Waals surface area contributed by atoms with Gasteiger partial charge in [0.1, 0.15) is 25.0 Å². The van der Waals surface area contributed by atoms with Gasteiger partial charge in [-0.15, -0.1) is 0 Å². The van der Waals surface area contributed by atoms with Crippen LogP contribution < -0.4 is 5.46 Å². The fourth-order valence-electron chi connectivity index (χ4n) is 2.62. The zero-order valence-electron chi connectivity index (χ0n) is 14.1. The summed E-state index contributed by atoms with van der Waals surface area (Å²) in [4.78, 5) is 24.7. The second kappa shape index (κ2) is 6.43. The first-order valence-corrected chi connectivity index (χ1v) is 7.54. The van der Waals surface area contributed by atoms with Crippen LogP contribution in [0.3, 0.4) is 0 Å². The van der Waals surface area contributed by atoms with Crippen molar-refractivity contribution in [2.45, 2.75) is 6.92 Å². The van der Waals surface area contributed by atoms with E-state index in [4.69, 9.17) is 17.1 Å². The number of hydrogen-bond acceptors (Lipinski definition) is 5. The quantitative estimate of drug-likeness (QED) is 0.413. The minimum Gasteiger partial charge on any atom is -0.464 e. The van der Waals surface area contributed by atoms with Gasteiger partial charge >= 0.3 is 5.97 Å².